The molecule has 4 aromatic rings. The molecule has 1 N–H and O–H groups in total. The molecule has 0 saturated heterocycles. The van der Waals surface area contributed by atoms with Crippen LogP contribution in [0, 0.1) is 20.8 Å². The maximum Gasteiger partial charge on any atom is 0.251 e. The molecule has 0 aliphatic heterocycles. The van der Waals surface area contributed by atoms with Gasteiger partial charge in [-0.3, -0.25) is 4.79 Å². The predicted molar refractivity (Wildman–Crippen MR) is 142 cm³/mol. The molecule has 0 bridgehead atoms. The van der Waals surface area contributed by atoms with E-state index < -0.39 is 0 Å². The zero-order valence-electron chi connectivity index (χ0n) is 21.0. The molecule has 5 nitrogen and oxygen atoms in total. The number of ether oxygens (including phenoxy) is 1. The van der Waals surface area contributed by atoms with E-state index in [0.29, 0.717) is 13.2 Å². The summed E-state index contributed by atoms with van der Waals surface area (Å²) >= 11 is 0. The topological polar surface area (TPSA) is 56.2 Å². The molecule has 35 heavy (non-hydrogen) atoms. The molecule has 0 saturated carbocycles. The van der Waals surface area contributed by atoms with E-state index in [1.54, 1.807) is 0 Å². The van der Waals surface area contributed by atoms with Gasteiger partial charge in [-0.05, 0) is 69.0 Å². The lowest BCUT2D eigenvalue weighted by Gasteiger charge is -2.14. The van der Waals surface area contributed by atoms with Crippen LogP contribution in [-0.2, 0) is 13.0 Å². The highest BCUT2D eigenvalue weighted by Crippen LogP contribution is 2.23. The first-order valence-corrected chi connectivity index (χ1v) is 12.5. The fraction of sp³-hybridized carbons (Fsp3) is 0.333. The van der Waals surface area contributed by atoms with Gasteiger partial charge in [0, 0.05) is 18.5 Å². The third kappa shape index (κ3) is 6.30. The molecule has 1 aromatic heterocycles. The van der Waals surface area contributed by atoms with Crippen LogP contribution in [0.5, 0.6) is 5.75 Å². The van der Waals surface area contributed by atoms with Crippen LogP contribution in [0.1, 0.15) is 52.1 Å². The molecule has 0 fully saturated rings. The van der Waals surface area contributed by atoms with E-state index in [0.717, 1.165) is 77.1 Å². The zero-order valence-corrected chi connectivity index (χ0v) is 21.0. The minimum atomic E-state index is -0.000572. The first-order chi connectivity index (χ1) is 17.0. The number of hydrogen-bond acceptors (Lipinski definition) is 3. The predicted octanol–water partition coefficient (Wildman–Crippen LogP) is 6.18. The van der Waals surface area contributed by atoms with Crippen molar-refractivity contribution in [3.63, 3.8) is 0 Å². The first-order valence-electron chi connectivity index (χ1n) is 12.5. The molecular weight excluding hydrogens is 434 g/mol. The number of carbonyl (C=O) groups excluding carboxylic acids is 1. The van der Waals surface area contributed by atoms with Crippen LogP contribution < -0.4 is 10.1 Å². The van der Waals surface area contributed by atoms with Crippen LogP contribution in [0.4, 0.5) is 0 Å². The Hall–Kier alpha value is -3.60. The monoisotopic (exact) mass is 469 g/mol. The number of amides is 1. The molecule has 0 radical (unpaired) electrons. The average molecular weight is 470 g/mol. The van der Waals surface area contributed by atoms with Crippen molar-refractivity contribution in [3.05, 3.63) is 94.8 Å². The number of aryl methyl sites for hydroxylation is 4. The Bertz CT molecular complexity index is 1270. The lowest BCUT2D eigenvalue weighted by Crippen LogP contribution is -2.24. The smallest absolute Gasteiger partial charge is 0.251 e. The number of aromatic nitrogens is 2. The third-order valence-electron chi connectivity index (χ3n) is 6.35. The molecule has 3 aromatic carbocycles. The van der Waals surface area contributed by atoms with Gasteiger partial charge in [0.1, 0.15) is 18.2 Å². The van der Waals surface area contributed by atoms with E-state index in [2.05, 4.69) is 60.1 Å². The van der Waals surface area contributed by atoms with Gasteiger partial charge in [-0.2, -0.15) is 0 Å². The Labute approximate surface area is 208 Å². The number of carbonyl (C=O) groups is 1. The van der Waals surface area contributed by atoms with E-state index in [1.165, 1.54) is 0 Å². The van der Waals surface area contributed by atoms with Crippen molar-refractivity contribution in [2.24, 2.45) is 0 Å². The maximum absolute atomic E-state index is 12.3. The second kappa shape index (κ2) is 11.7. The Kier molecular flexibility index (Phi) is 8.19. The number of para-hydroxylation sites is 3. The summed E-state index contributed by atoms with van der Waals surface area (Å²) in [5, 5.41) is 3.03. The maximum atomic E-state index is 12.3. The average Bonchev–Trinajstić information content (AvgIpc) is 3.20. The highest BCUT2D eigenvalue weighted by molar-refractivity contribution is 5.94. The fourth-order valence-corrected chi connectivity index (χ4v) is 4.51. The van der Waals surface area contributed by atoms with Crippen molar-refractivity contribution >= 4 is 16.9 Å². The van der Waals surface area contributed by atoms with Gasteiger partial charge in [-0.1, -0.05) is 54.4 Å². The number of benzene rings is 3. The van der Waals surface area contributed by atoms with Crippen LogP contribution in [0.3, 0.4) is 0 Å². The first kappa shape index (κ1) is 24.5. The van der Waals surface area contributed by atoms with Gasteiger partial charge in [0.05, 0.1) is 17.6 Å². The van der Waals surface area contributed by atoms with Gasteiger partial charge in [0.25, 0.3) is 5.91 Å². The largest absolute Gasteiger partial charge is 0.491 e. The summed E-state index contributed by atoms with van der Waals surface area (Å²) in [6, 6.07) is 22.2. The minimum absolute atomic E-state index is 0.000572. The number of fused-ring (bicyclic) bond motifs is 1. The minimum Gasteiger partial charge on any atom is -0.491 e. The fourth-order valence-electron chi connectivity index (χ4n) is 4.51. The summed E-state index contributed by atoms with van der Waals surface area (Å²) < 4.78 is 8.47. The molecule has 0 aliphatic rings. The van der Waals surface area contributed by atoms with Crippen LogP contribution >= 0.6 is 0 Å². The van der Waals surface area contributed by atoms with Gasteiger partial charge < -0.3 is 14.6 Å². The number of hydrogen-bond donors (Lipinski definition) is 1. The molecule has 1 heterocycles. The molecule has 0 spiro atoms. The summed E-state index contributed by atoms with van der Waals surface area (Å²) in [6.45, 7) is 8.22. The normalized spacial score (nSPS) is 11.1. The summed E-state index contributed by atoms with van der Waals surface area (Å²) in [7, 11) is 0. The van der Waals surface area contributed by atoms with Crippen molar-refractivity contribution in [3.8, 4) is 5.75 Å². The standard InChI is InChI=1S/C30H35N3O2/c1-22-11-9-14-25(21-22)30(34)31-18-8-4-5-17-28-32-26-15-6-7-16-27(26)33(28)19-20-35-29-23(2)12-10-13-24(29)3/h6-7,9-16,21H,4-5,8,17-20H2,1-3H3,(H,31,34). The second-order valence-corrected chi connectivity index (χ2v) is 9.17. The van der Waals surface area contributed by atoms with E-state index >= 15 is 0 Å². The number of nitrogens with one attached hydrogen (secondary N) is 1. The molecule has 0 aliphatic carbocycles. The molecular formula is C30H35N3O2. The summed E-state index contributed by atoms with van der Waals surface area (Å²) in [5.41, 5.74) is 6.32. The van der Waals surface area contributed by atoms with Gasteiger partial charge in [-0.15, -0.1) is 0 Å². The van der Waals surface area contributed by atoms with Crippen LogP contribution in [0.15, 0.2) is 66.7 Å². The molecule has 4 rings (SSSR count). The SMILES string of the molecule is Cc1cccc(C(=O)NCCCCCc2nc3ccccc3n2CCOc2c(C)cccc2C)c1. The summed E-state index contributed by atoms with van der Waals surface area (Å²) in [6.07, 6.45) is 3.93. The van der Waals surface area contributed by atoms with E-state index in [-0.39, 0.29) is 5.91 Å². The summed E-state index contributed by atoms with van der Waals surface area (Å²) in [4.78, 5) is 17.2. The van der Waals surface area contributed by atoms with Crippen molar-refractivity contribution in [1.82, 2.24) is 14.9 Å². The summed E-state index contributed by atoms with van der Waals surface area (Å²) in [5.74, 6) is 2.07. The Morgan fingerprint density at radius 1 is 0.914 bits per heavy atom. The van der Waals surface area contributed by atoms with Gasteiger partial charge in [-0.25, -0.2) is 4.98 Å². The van der Waals surface area contributed by atoms with Gasteiger partial charge in [0.15, 0.2) is 0 Å². The number of unbranched alkanes of at least 4 members (excludes halogenated alkanes) is 2. The quantitative estimate of drug-likeness (QED) is 0.267. The molecule has 182 valence electrons. The number of nitrogens with zero attached hydrogens (tertiary/aromatic N) is 2. The van der Waals surface area contributed by atoms with E-state index in [4.69, 9.17) is 9.72 Å². The Morgan fingerprint density at radius 2 is 1.69 bits per heavy atom. The zero-order chi connectivity index (χ0) is 24.6. The van der Waals surface area contributed by atoms with Crippen molar-refractivity contribution in [1.29, 1.82) is 0 Å². The number of imidazole rings is 1. The molecule has 1 amide bonds. The van der Waals surface area contributed by atoms with Gasteiger partial charge in [0.2, 0.25) is 0 Å². The Balaban J connectivity index is 1.29. The third-order valence-corrected chi connectivity index (χ3v) is 6.35. The lowest BCUT2D eigenvalue weighted by atomic mass is 10.1. The van der Waals surface area contributed by atoms with E-state index in [9.17, 15) is 4.79 Å². The van der Waals surface area contributed by atoms with Crippen LogP contribution in [-0.4, -0.2) is 28.6 Å². The van der Waals surface area contributed by atoms with Crippen molar-refractivity contribution in [2.75, 3.05) is 13.2 Å². The second-order valence-electron chi connectivity index (χ2n) is 9.17. The number of rotatable bonds is 11. The molecule has 0 atom stereocenters. The van der Waals surface area contributed by atoms with E-state index in [1.807, 2.05) is 37.3 Å². The van der Waals surface area contributed by atoms with Crippen molar-refractivity contribution in [2.45, 2.75) is 53.0 Å². The van der Waals surface area contributed by atoms with Crippen LogP contribution in [0.2, 0.25) is 0 Å². The Morgan fingerprint density at radius 3 is 2.49 bits per heavy atom. The molecule has 5 heteroatoms. The lowest BCUT2D eigenvalue weighted by molar-refractivity contribution is 0.0953. The van der Waals surface area contributed by atoms with Gasteiger partial charge >= 0.3 is 0 Å². The molecule has 0 unspecified atom stereocenters. The van der Waals surface area contributed by atoms with Crippen molar-refractivity contribution < 1.29 is 9.53 Å². The highest BCUT2D eigenvalue weighted by Gasteiger charge is 2.11. The highest BCUT2D eigenvalue weighted by atomic mass is 16.5. The van der Waals surface area contributed by atoms with Crippen LogP contribution in [0.25, 0.3) is 11.0 Å².